The van der Waals surface area contributed by atoms with Crippen molar-refractivity contribution < 1.29 is 9.53 Å². The predicted octanol–water partition coefficient (Wildman–Crippen LogP) is 2.12. The van der Waals surface area contributed by atoms with Crippen molar-refractivity contribution in [3.8, 4) is 0 Å². The fourth-order valence-electron chi connectivity index (χ4n) is 1.21. The Labute approximate surface area is 91.9 Å². The van der Waals surface area contributed by atoms with E-state index in [2.05, 4.69) is 9.84 Å². The number of amides is 1. The summed E-state index contributed by atoms with van der Waals surface area (Å²) in [5.74, 6) is 0.511. The number of hydrogen-bond donors (Lipinski definition) is 0. The molecule has 1 heterocycles. The molecule has 0 unspecified atom stereocenters. The van der Waals surface area contributed by atoms with Crippen LogP contribution in [0.2, 0.25) is 0 Å². The summed E-state index contributed by atoms with van der Waals surface area (Å²) in [6, 6.07) is 9.76. The zero-order chi connectivity index (χ0) is 10.7. The Morgan fingerprint density at radius 2 is 2.20 bits per heavy atom. The van der Waals surface area contributed by atoms with Gasteiger partial charge in [0.2, 0.25) is 0 Å². The van der Waals surface area contributed by atoms with E-state index in [-0.39, 0.29) is 0 Å². The van der Waals surface area contributed by atoms with Gasteiger partial charge in [0.1, 0.15) is 5.04 Å². The lowest BCUT2D eigenvalue weighted by Crippen LogP contribution is -2.22. The summed E-state index contributed by atoms with van der Waals surface area (Å²) in [6.45, 7) is 0. The summed E-state index contributed by atoms with van der Waals surface area (Å²) in [4.78, 5) is 11.2. The molecule has 0 atom stereocenters. The quantitative estimate of drug-likeness (QED) is 0.731. The van der Waals surface area contributed by atoms with Crippen molar-refractivity contribution in [2.45, 2.75) is 0 Å². The molecule has 0 radical (unpaired) electrons. The van der Waals surface area contributed by atoms with Gasteiger partial charge in [-0.1, -0.05) is 42.1 Å². The maximum atomic E-state index is 11.2. The number of methoxy groups -OCH3 is 1. The van der Waals surface area contributed by atoms with Crippen LogP contribution < -0.4 is 0 Å². The minimum absolute atomic E-state index is 0.423. The number of nitrogens with zero attached hydrogens (tertiary/aromatic N) is 2. The molecule has 78 valence electrons. The predicted molar refractivity (Wildman–Crippen MR) is 59.7 cm³/mol. The highest BCUT2D eigenvalue weighted by Crippen LogP contribution is 2.22. The lowest BCUT2D eigenvalue weighted by molar-refractivity contribution is 0.133. The lowest BCUT2D eigenvalue weighted by Gasteiger charge is -2.06. The monoisotopic (exact) mass is 222 g/mol. The minimum Gasteiger partial charge on any atom is -0.451 e. The maximum Gasteiger partial charge on any atom is 0.430 e. The van der Waals surface area contributed by atoms with Crippen LogP contribution >= 0.6 is 11.8 Å². The largest absolute Gasteiger partial charge is 0.451 e. The van der Waals surface area contributed by atoms with Gasteiger partial charge in [-0.25, -0.2) is 4.79 Å². The van der Waals surface area contributed by atoms with Crippen molar-refractivity contribution in [1.29, 1.82) is 0 Å². The normalized spacial score (nSPS) is 15.0. The van der Waals surface area contributed by atoms with Gasteiger partial charge in [-0.2, -0.15) is 10.1 Å². The molecule has 0 saturated carbocycles. The van der Waals surface area contributed by atoms with Crippen LogP contribution in [0.5, 0.6) is 0 Å². The smallest absolute Gasteiger partial charge is 0.430 e. The highest BCUT2D eigenvalue weighted by molar-refractivity contribution is 8.14. The minimum atomic E-state index is -0.423. The molecule has 4 nitrogen and oxygen atoms in total. The highest BCUT2D eigenvalue weighted by atomic mass is 32.2. The van der Waals surface area contributed by atoms with E-state index in [0.29, 0.717) is 5.88 Å². The third-order valence-corrected chi connectivity index (χ3v) is 2.91. The molecule has 0 aliphatic carbocycles. The molecule has 2 rings (SSSR count). The molecule has 0 fully saturated rings. The lowest BCUT2D eigenvalue weighted by atomic mass is 10.2. The highest BCUT2D eigenvalue weighted by Gasteiger charge is 2.22. The third-order valence-electron chi connectivity index (χ3n) is 1.94. The fraction of sp³-hybridized carbons (Fsp3) is 0.200. The van der Waals surface area contributed by atoms with E-state index in [1.165, 1.54) is 23.9 Å². The number of hydrazone groups is 1. The Kier molecular flexibility index (Phi) is 2.91. The second-order valence-electron chi connectivity index (χ2n) is 2.91. The number of carbonyl (C=O) groups excluding carboxylic acids is 1. The standard InChI is InChI=1S/C10H10N2O2S/c1-14-10(13)12-7-15-9(11-12)8-5-3-2-4-6-8/h2-6H,7H2,1H3. The summed E-state index contributed by atoms with van der Waals surface area (Å²) in [6.07, 6.45) is -0.423. The second-order valence-corrected chi connectivity index (χ2v) is 3.85. The van der Waals surface area contributed by atoms with Gasteiger partial charge >= 0.3 is 6.09 Å². The van der Waals surface area contributed by atoms with Crippen molar-refractivity contribution in [2.24, 2.45) is 5.10 Å². The molecule has 1 aromatic rings. The first-order valence-corrected chi connectivity index (χ1v) is 5.42. The Hall–Kier alpha value is -1.49. The van der Waals surface area contributed by atoms with Gasteiger partial charge in [0, 0.05) is 5.56 Å². The average molecular weight is 222 g/mol. The fourth-order valence-corrected chi connectivity index (χ4v) is 2.08. The molecule has 0 saturated heterocycles. The van der Waals surface area contributed by atoms with Crippen molar-refractivity contribution in [1.82, 2.24) is 5.01 Å². The molecule has 15 heavy (non-hydrogen) atoms. The number of thioether (sulfide) groups is 1. The van der Waals surface area contributed by atoms with Gasteiger partial charge in [0.15, 0.2) is 0 Å². The van der Waals surface area contributed by atoms with Crippen molar-refractivity contribution >= 4 is 22.9 Å². The zero-order valence-electron chi connectivity index (χ0n) is 8.21. The van der Waals surface area contributed by atoms with E-state index in [0.717, 1.165) is 10.6 Å². The van der Waals surface area contributed by atoms with Crippen molar-refractivity contribution in [2.75, 3.05) is 13.0 Å². The molecule has 5 heteroatoms. The summed E-state index contributed by atoms with van der Waals surface area (Å²) in [7, 11) is 1.35. The van der Waals surface area contributed by atoms with Gasteiger partial charge in [-0.05, 0) is 0 Å². The summed E-state index contributed by atoms with van der Waals surface area (Å²) < 4.78 is 4.58. The van der Waals surface area contributed by atoms with Crippen LogP contribution in [0, 0.1) is 0 Å². The summed E-state index contributed by atoms with van der Waals surface area (Å²) in [5.41, 5.74) is 1.02. The molecule has 0 aromatic heterocycles. The van der Waals surface area contributed by atoms with E-state index in [1.807, 2.05) is 30.3 Å². The van der Waals surface area contributed by atoms with Gasteiger partial charge in [0.25, 0.3) is 0 Å². The van der Waals surface area contributed by atoms with Crippen LogP contribution in [-0.2, 0) is 4.74 Å². The molecular formula is C10H10N2O2S. The van der Waals surface area contributed by atoms with E-state index >= 15 is 0 Å². The maximum absolute atomic E-state index is 11.2. The van der Waals surface area contributed by atoms with Gasteiger partial charge in [-0.15, -0.1) is 0 Å². The number of benzene rings is 1. The van der Waals surface area contributed by atoms with Crippen LogP contribution in [0.15, 0.2) is 35.4 Å². The topological polar surface area (TPSA) is 41.9 Å². The molecule has 0 bridgehead atoms. The third kappa shape index (κ3) is 2.12. The number of ether oxygens (including phenoxy) is 1. The van der Waals surface area contributed by atoms with Gasteiger partial charge < -0.3 is 4.74 Å². The SMILES string of the molecule is COC(=O)N1CSC(c2ccccc2)=N1. The zero-order valence-corrected chi connectivity index (χ0v) is 9.03. The first-order valence-electron chi connectivity index (χ1n) is 4.43. The number of carbonyl (C=O) groups is 1. The molecule has 1 aliphatic heterocycles. The second kappa shape index (κ2) is 4.35. The first kappa shape index (κ1) is 10.0. The Morgan fingerprint density at radius 3 is 2.87 bits per heavy atom. The molecule has 1 aromatic carbocycles. The van der Waals surface area contributed by atoms with E-state index in [1.54, 1.807) is 0 Å². The average Bonchev–Trinajstić information content (AvgIpc) is 2.78. The van der Waals surface area contributed by atoms with Crippen LogP contribution in [0.4, 0.5) is 4.79 Å². The first-order chi connectivity index (χ1) is 7.31. The van der Waals surface area contributed by atoms with E-state index in [9.17, 15) is 4.79 Å². The van der Waals surface area contributed by atoms with Crippen LogP contribution in [0.3, 0.4) is 0 Å². The van der Waals surface area contributed by atoms with Gasteiger partial charge in [0.05, 0.1) is 13.0 Å². The van der Waals surface area contributed by atoms with Crippen molar-refractivity contribution in [3.05, 3.63) is 35.9 Å². The van der Waals surface area contributed by atoms with Gasteiger partial charge in [-0.3, -0.25) is 0 Å². The van der Waals surface area contributed by atoms with E-state index < -0.39 is 6.09 Å². The molecular weight excluding hydrogens is 212 g/mol. The Balaban J connectivity index is 2.17. The Bertz CT molecular complexity index is 392. The van der Waals surface area contributed by atoms with Crippen molar-refractivity contribution in [3.63, 3.8) is 0 Å². The summed E-state index contributed by atoms with van der Waals surface area (Å²) in [5, 5.41) is 6.33. The summed E-state index contributed by atoms with van der Waals surface area (Å²) >= 11 is 1.52. The molecule has 0 spiro atoms. The number of rotatable bonds is 1. The van der Waals surface area contributed by atoms with Crippen LogP contribution in [0.1, 0.15) is 5.56 Å². The van der Waals surface area contributed by atoms with E-state index in [4.69, 9.17) is 0 Å². The van der Waals surface area contributed by atoms with Crippen LogP contribution in [-0.4, -0.2) is 29.1 Å². The Morgan fingerprint density at radius 1 is 1.47 bits per heavy atom. The molecule has 1 aliphatic rings. The molecule has 0 N–H and O–H groups in total. The van der Waals surface area contributed by atoms with Crippen LogP contribution in [0.25, 0.3) is 0 Å². The molecule has 1 amide bonds. The number of hydrogen-bond acceptors (Lipinski definition) is 4.